The third kappa shape index (κ3) is 3.29. The Bertz CT molecular complexity index is 417. The molecule has 1 aromatic carbocycles. The van der Waals surface area contributed by atoms with Crippen molar-refractivity contribution in [2.45, 2.75) is 13.0 Å². The molecule has 0 spiro atoms. The second kappa shape index (κ2) is 6.00. The molecule has 0 aliphatic rings. The Hall–Kier alpha value is -1.88. The fraction of sp³-hybridized carbons (Fsp3) is 0.333. The first-order chi connectivity index (χ1) is 8.10. The summed E-state index contributed by atoms with van der Waals surface area (Å²) in [6.45, 7) is 1.62. The molecule has 0 saturated heterocycles. The molecule has 1 N–H and O–H groups in total. The van der Waals surface area contributed by atoms with Crippen LogP contribution in [0.15, 0.2) is 24.3 Å². The van der Waals surface area contributed by atoms with Gasteiger partial charge in [-0.15, -0.1) is 0 Å². The highest BCUT2D eigenvalue weighted by Crippen LogP contribution is 2.16. The number of ether oxygens (including phenoxy) is 2. The summed E-state index contributed by atoms with van der Waals surface area (Å²) in [7, 11) is 2.73. The fourth-order valence-corrected chi connectivity index (χ4v) is 1.22. The molecule has 17 heavy (non-hydrogen) atoms. The second-order valence-electron chi connectivity index (χ2n) is 3.40. The van der Waals surface area contributed by atoms with Gasteiger partial charge >= 0.3 is 5.97 Å². The Morgan fingerprint density at radius 2 is 1.88 bits per heavy atom. The maximum Gasteiger partial charge on any atom is 0.339 e. The van der Waals surface area contributed by atoms with Crippen LogP contribution in [0.25, 0.3) is 0 Å². The van der Waals surface area contributed by atoms with E-state index < -0.39 is 12.1 Å². The predicted octanol–water partition coefficient (Wildman–Crippen LogP) is 1.45. The number of hydrogen-bond donors (Lipinski definition) is 1. The summed E-state index contributed by atoms with van der Waals surface area (Å²) in [5, 5.41) is 2.61. The maximum absolute atomic E-state index is 11.6. The Labute approximate surface area is 99.7 Å². The summed E-state index contributed by atoms with van der Waals surface area (Å²) in [5.41, 5.74) is 0.722. The smallest absolute Gasteiger partial charge is 0.339 e. The molecular formula is C12H15NO4. The summed E-state index contributed by atoms with van der Waals surface area (Å²) in [5.74, 6) is -0.810. The van der Waals surface area contributed by atoms with Gasteiger partial charge < -0.3 is 14.8 Å². The van der Waals surface area contributed by atoms with Crippen molar-refractivity contribution in [2.75, 3.05) is 19.5 Å². The second-order valence-corrected chi connectivity index (χ2v) is 3.40. The van der Waals surface area contributed by atoms with Crippen LogP contribution in [-0.2, 0) is 14.3 Å². The van der Waals surface area contributed by atoms with Gasteiger partial charge in [-0.1, -0.05) is 12.1 Å². The van der Waals surface area contributed by atoms with Crippen LogP contribution in [0, 0.1) is 0 Å². The third-order valence-corrected chi connectivity index (χ3v) is 2.31. The van der Waals surface area contributed by atoms with Gasteiger partial charge in [-0.3, -0.25) is 4.79 Å². The van der Waals surface area contributed by atoms with Crippen LogP contribution in [0.1, 0.15) is 17.3 Å². The number of rotatable bonds is 4. The molecule has 0 bridgehead atoms. The lowest BCUT2D eigenvalue weighted by molar-refractivity contribution is -0.124. The molecule has 1 aromatic rings. The predicted molar refractivity (Wildman–Crippen MR) is 62.9 cm³/mol. The summed E-state index contributed by atoms with van der Waals surface area (Å²) in [4.78, 5) is 23.1. The molecule has 0 radical (unpaired) electrons. The number of para-hydroxylation sites is 1. The highest BCUT2D eigenvalue weighted by molar-refractivity contribution is 6.02. The number of benzene rings is 1. The summed E-state index contributed by atoms with van der Waals surface area (Å²) in [6, 6.07) is 6.63. The van der Waals surface area contributed by atoms with Gasteiger partial charge in [0.05, 0.1) is 18.4 Å². The van der Waals surface area contributed by atoms with E-state index in [1.807, 2.05) is 0 Å². The first-order valence-corrected chi connectivity index (χ1v) is 5.11. The monoisotopic (exact) mass is 237 g/mol. The van der Waals surface area contributed by atoms with Crippen LogP contribution in [-0.4, -0.2) is 32.2 Å². The fourth-order valence-electron chi connectivity index (χ4n) is 1.22. The quantitative estimate of drug-likeness (QED) is 0.805. The lowest BCUT2D eigenvalue weighted by Gasteiger charge is -2.12. The standard InChI is InChI=1S/C12H15NO4/c1-8(16-2)11(14)13-10-7-5-4-6-9(10)12(15)17-3/h4-8H,1-3H3,(H,13,14). The van der Waals surface area contributed by atoms with Crippen molar-refractivity contribution in [1.82, 2.24) is 0 Å². The van der Waals surface area contributed by atoms with Gasteiger partial charge in [0.1, 0.15) is 6.10 Å². The molecule has 5 nitrogen and oxygen atoms in total. The van der Waals surface area contributed by atoms with Crippen LogP contribution in [0.4, 0.5) is 5.69 Å². The molecule has 0 aromatic heterocycles. The zero-order valence-electron chi connectivity index (χ0n) is 10.0. The molecule has 1 amide bonds. The molecule has 1 unspecified atom stereocenters. The van der Waals surface area contributed by atoms with Gasteiger partial charge in [0.2, 0.25) is 0 Å². The summed E-state index contributed by atoms with van der Waals surface area (Å²) >= 11 is 0. The first kappa shape index (κ1) is 13.2. The number of carbonyl (C=O) groups excluding carboxylic acids is 2. The van der Waals surface area contributed by atoms with Gasteiger partial charge in [-0.2, -0.15) is 0 Å². The average Bonchev–Trinajstić information content (AvgIpc) is 2.37. The molecule has 0 saturated carbocycles. The van der Waals surface area contributed by atoms with E-state index in [1.54, 1.807) is 31.2 Å². The molecule has 0 heterocycles. The van der Waals surface area contributed by atoms with Gasteiger partial charge in [-0.25, -0.2) is 4.79 Å². The van der Waals surface area contributed by atoms with Crippen molar-refractivity contribution < 1.29 is 19.1 Å². The van der Waals surface area contributed by atoms with Crippen molar-refractivity contribution in [3.63, 3.8) is 0 Å². The Morgan fingerprint density at radius 1 is 1.24 bits per heavy atom. The zero-order chi connectivity index (χ0) is 12.8. The normalized spacial score (nSPS) is 11.7. The van der Waals surface area contributed by atoms with Crippen molar-refractivity contribution in [3.05, 3.63) is 29.8 Å². The number of anilines is 1. The van der Waals surface area contributed by atoms with E-state index in [4.69, 9.17) is 4.74 Å². The van der Waals surface area contributed by atoms with E-state index in [9.17, 15) is 9.59 Å². The maximum atomic E-state index is 11.6. The van der Waals surface area contributed by atoms with Gasteiger partial charge in [0, 0.05) is 7.11 Å². The number of amides is 1. The van der Waals surface area contributed by atoms with E-state index in [0.717, 1.165) is 0 Å². The van der Waals surface area contributed by atoms with Crippen molar-refractivity contribution >= 4 is 17.6 Å². The number of esters is 1. The Balaban J connectivity index is 2.91. The van der Waals surface area contributed by atoms with Gasteiger partial charge in [0.25, 0.3) is 5.91 Å². The average molecular weight is 237 g/mol. The minimum Gasteiger partial charge on any atom is -0.465 e. The number of carbonyl (C=O) groups is 2. The van der Waals surface area contributed by atoms with Crippen molar-refractivity contribution in [2.24, 2.45) is 0 Å². The lowest BCUT2D eigenvalue weighted by Crippen LogP contribution is -2.27. The van der Waals surface area contributed by atoms with Crippen LogP contribution >= 0.6 is 0 Å². The van der Waals surface area contributed by atoms with E-state index in [2.05, 4.69) is 10.1 Å². The minimum absolute atomic E-state index is 0.312. The van der Waals surface area contributed by atoms with Gasteiger partial charge in [0.15, 0.2) is 0 Å². The molecule has 1 rings (SSSR count). The highest BCUT2D eigenvalue weighted by atomic mass is 16.5. The van der Waals surface area contributed by atoms with Crippen molar-refractivity contribution in [3.8, 4) is 0 Å². The molecule has 0 aliphatic carbocycles. The number of nitrogens with one attached hydrogen (secondary N) is 1. The Morgan fingerprint density at radius 3 is 2.47 bits per heavy atom. The number of methoxy groups -OCH3 is 2. The summed E-state index contributed by atoms with van der Waals surface area (Å²) < 4.78 is 9.51. The van der Waals surface area contributed by atoms with E-state index in [-0.39, 0.29) is 5.91 Å². The van der Waals surface area contributed by atoms with Crippen molar-refractivity contribution in [1.29, 1.82) is 0 Å². The Kier molecular flexibility index (Phi) is 4.66. The first-order valence-electron chi connectivity index (χ1n) is 5.11. The highest BCUT2D eigenvalue weighted by Gasteiger charge is 2.16. The largest absolute Gasteiger partial charge is 0.465 e. The van der Waals surface area contributed by atoms with Crippen LogP contribution in [0.2, 0.25) is 0 Å². The molecule has 0 aliphatic heterocycles. The van der Waals surface area contributed by atoms with Gasteiger partial charge in [-0.05, 0) is 19.1 Å². The van der Waals surface area contributed by atoms with E-state index in [0.29, 0.717) is 11.3 Å². The molecule has 0 fully saturated rings. The van der Waals surface area contributed by atoms with Crippen LogP contribution in [0.3, 0.4) is 0 Å². The van der Waals surface area contributed by atoms with Crippen LogP contribution in [0.5, 0.6) is 0 Å². The van der Waals surface area contributed by atoms with E-state index in [1.165, 1.54) is 14.2 Å². The van der Waals surface area contributed by atoms with Crippen LogP contribution < -0.4 is 5.32 Å². The SMILES string of the molecule is COC(=O)c1ccccc1NC(=O)C(C)OC. The topological polar surface area (TPSA) is 64.6 Å². The number of hydrogen-bond acceptors (Lipinski definition) is 4. The molecule has 92 valence electrons. The van der Waals surface area contributed by atoms with E-state index >= 15 is 0 Å². The lowest BCUT2D eigenvalue weighted by atomic mass is 10.1. The molecular weight excluding hydrogens is 222 g/mol. The molecule has 5 heteroatoms. The molecule has 1 atom stereocenters. The summed E-state index contributed by atoms with van der Waals surface area (Å²) in [6.07, 6.45) is -0.583. The zero-order valence-corrected chi connectivity index (χ0v) is 10.0. The minimum atomic E-state index is -0.583. The third-order valence-electron chi connectivity index (χ3n) is 2.31.